The topological polar surface area (TPSA) is 72.5 Å². The number of nitrogens with one attached hydrogen (secondary N) is 2. The molecule has 2 N–H and O–H groups in total. The van der Waals surface area contributed by atoms with Crippen LogP contribution in [0.3, 0.4) is 0 Å². The van der Waals surface area contributed by atoms with Gasteiger partial charge in [0.05, 0.1) is 25.5 Å². The zero-order valence-electron chi connectivity index (χ0n) is 16.9. The van der Waals surface area contributed by atoms with Gasteiger partial charge in [-0.25, -0.2) is 4.98 Å². The van der Waals surface area contributed by atoms with E-state index in [0.29, 0.717) is 18.8 Å². The molecule has 0 saturated carbocycles. The molecular formula is C23H29N3O3. The molecule has 0 fully saturated rings. The normalized spacial score (nSPS) is 13.3. The molecule has 1 aliphatic carbocycles. The van der Waals surface area contributed by atoms with Gasteiger partial charge in [0.25, 0.3) is 5.91 Å². The smallest absolute Gasteiger partial charge is 0.269 e. The molecule has 0 bridgehead atoms. The predicted molar refractivity (Wildman–Crippen MR) is 115 cm³/mol. The van der Waals surface area contributed by atoms with Crippen LogP contribution in [0.5, 0.6) is 11.5 Å². The van der Waals surface area contributed by atoms with Crippen molar-refractivity contribution in [2.24, 2.45) is 0 Å². The third-order valence-electron chi connectivity index (χ3n) is 4.87. The van der Waals surface area contributed by atoms with Gasteiger partial charge >= 0.3 is 0 Å². The summed E-state index contributed by atoms with van der Waals surface area (Å²) in [6, 6.07) is 11.0. The van der Waals surface area contributed by atoms with Crippen LogP contribution in [0.1, 0.15) is 42.6 Å². The lowest BCUT2D eigenvalue weighted by atomic mass is 9.97. The second-order valence-electron chi connectivity index (χ2n) is 7.00. The number of pyridine rings is 1. The van der Waals surface area contributed by atoms with Crippen molar-refractivity contribution in [3.05, 3.63) is 59.9 Å². The molecule has 0 saturated heterocycles. The number of ether oxygens (including phenoxy) is 2. The van der Waals surface area contributed by atoms with Gasteiger partial charge in [-0.2, -0.15) is 0 Å². The number of carbonyl (C=O) groups is 1. The van der Waals surface area contributed by atoms with E-state index in [1.807, 2.05) is 30.3 Å². The minimum Gasteiger partial charge on any atom is -0.497 e. The van der Waals surface area contributed by atoms with Gasteiger partial charge in [-0.3, -0.25) is 4.79 Å². The number of hydrogen-bond donors (Lipinski definition) is 2. The van der Waals surface area contributed by atoms with Crippen molar-refractivity contribution in [3.8, 4) is 11.5 Å². The van der Waals surface area contributed by atoms with Crippen LogP contribution >= 0.6 is 0 Å². The number of allylic oxidation sites excluding steroid dienone is 1. The molecule has 1 heterocycles. The van der Waals surface area contributed by atoms with Crippen LogP contribution in [-0.2, 0) is 0 Å². The molecule has 1 amide bonds. The van der Waals surface area contributed by atoms with Crippen LogP contribution in [0.4, 0.5) is 5.69 Å². The lowest BCUT2D eigenvalue weighted by Crippen LogP contribution is -2.28. The maximum atomic E-state index is 12.2. The van der Waals surface area contributed by atoms with E-state index in [1.165, 1.54) is 25.7 Å². The fourth-order valence-corrected chi connectivity index (χ4v) is 3.23. The average Bonchev–Trinajstić information content (AvgIpc) is 2.78. The summed E-state index contributed by atoms with van der Waals surface area (Å²) in [6.07, 6.45) is 10.2. The van der Waals surface area contributed by atoms with Gasteiger partial charge in [-0.1, -0.05) is 11.6 Å². The number of benzene rings is 1. The third-order valence-corrected chi connectivity index (χ3v) is 4.87. The van der Waals surface area contributed by atoms with Gasteiger partial charge in [-0.15, -0.1) is 0 Å². The summed E-state index contributed by atoms with van der Waals surface area (Å²) >= 11 is 0. The van der Waals surface area contributed by atoms with Gasteiger partial charge in [0, 0.05) is 6.54 Å². The highest BCUT2D eigenvalue weighted by Crippen LogP contribution is 2.20. The van der Waals surface area contributed by atoms with Crippen molar-refractivity contribution < 1.29 is 14.3 Å². The Morgan fingerprint density at radius 2 is 1.90 bits per heavy atom. The molecule has 3 rings (SSSR count). The van der Waals surface area contributed by atoms with E-state index >= 15 is 0 Å². The molecule has 0 atom stereocenters. The van der Waals surface area contributed by atoms with Crippen LogP contribution in [0, 0.1) is 0 Å². The minimum atomic E-state index is -0.206. The third kappa shape index (κ3) is 6.82. The molecule has 1 aromatic heterocycles. The van der Waals surface area contributed by atoms with E-state index in [-0.39, 0.29) is 5.91 Å². The number of amides is 1. The highest BCUT2D eigenvalue weighted by atomic mass is 16.5. The summed E-state index contributed by atoms with van der Waals surface area (Å²) in [5, 5.41) is 6.19. The number of aromatic nitrogens is 1. The molecule has 0 spiro atoms. The second kappa shape index (κ2) is 11.1. The van der Waals surface area contributed by atoms with Crippen LogP contribution in [0.2, 0.25) is 0 Å². The van der Waals surface area contributed by atoms with E-state index in [1.54, 1.807) is 24.9 Å². The highest BCUT2D eigenvalue weighted by molar-refractivity contribution is 5.92. The number of rotatable bonds is 10. The maximum Gasteiger partial charge on any atom is 0.269 e. The van der Waals surface area contributed by atoms with Gasteiger partial charge in [0.2, 0.25) is 0 Å². The molecule has 0 aliphatic heterocycles. The summed E-state index contributed by atoms with van der Waals surface area (Å²) in [6.45, 7) is 1.68. The zero-order valence-corrected chi connectivity index (χ0v) is 16.9. The molecule has 6 nitrogen and oxygen atoms in total. The van der Waals surface area contributed by atoms with Crippen LogP contribution in [0.25, 0.3) is 0 Å². The molecule has 0 radical (unpaired) electrons. The largest absolute Gasteiger partial charge is 0.497 e. The van der Waals surface area contributed by atoms with Crippen molar-refractivity contribution in [2.75, 3.05) is 32.1 Å². The van der Waals surface area contributed by atoms with Crippen molar-refractivity contribution in [3.63, 3.8) is 0 Å². The molecule has 6 heteroatoms. The maximum absolute atomic E-state index is 12.2. The standard InChI is InChI=1S/C23H29N3O3/c1-28-20-8-10-21(11-9-20)29-16-15-25-23(27)22-12-7-19(17-26-22)24-14-13-18-5-3-2-4-6-18/h5,7-12,17,24H,2-4,6,13-16H2,1H3,(H,25,27). The molecule has 1 aliphatic rings. The van der Waals surface area contributed by atoms with Gasteiger partial charge < -0.3 is 20.1 Å². The van der Waals surface area contributed by atoms with Gasteiger partial charge in [0.1, 0.15) is 23.8 Å². The molecule has 1 aromatic carbocycles. The Hall–Kier alpha value is -3.02. The quantitative estimate of drug-likeness (QED) is 0.466. The summed E-state index contributed by atoms with van der Waals surface area (Å²) in [7, 11) is 1.62. The SMILES string of the molecule is COc1ccc(OCCNC(=O)c2ccc(NCCC3=CCCCC3)cn2)cc1. The Kier molecular flexibility index (Phi) is 7.92. The molecule has 0 unspecified atom stereocenters. The first-order valence-corrected chi connectivity index (χ1v) is 10.2. The fourth-order valence-electron chi connectivity index (χ4n) is 3.23. The number of hydrogen-bond acceptors (Lipinski definition) is 5. The Bertz CT molecular complexity index is 801. The summed E-state index contributed by atoms with van der Waals surface area (Å²) in [4.78, 5) is 16.5. The van der Waals surface area contributed by atoms with Crippen LogP contribution < -0.4 is 20.1 Å². The average molecular weight is 396 g/mol. The Morgan fingerprint density at radius 3 is 2.59 bits per heavy atom. The highest BCUT2D eigenvalue weighted by Gasteiger charge is 2.07. The second-order valence-corrected chi connectivity index (χ2v) is 7.00. The predicted octanol–water partition coefficient (Wildman–Crippen LogP) is 4.20. The number of methoxy groups -OCH3 is 1. The first kappa shape index (κ1) is 20.7. The number of anilines is 1. The first-order valence-electron chi connectivity index (χ1n) is 10.2. The molecule has 154 valence electrons. The van der Waals surface area contributed by atoms with E-state index in [2.05, 4.69) is 21.7 Å². The van der Waals surface area contributed by atoms with Crippen molar-refractivity contribution in [1.29, 1.82) is 0 Å². The Morgan fingerprint density at radius 1 is 1.07 bits per heavy atom. The monoisotopic (exact) mass is 395 g/mol. The lowest BCUT2D eigenvalue weighted by Gasteiger charge is -2.13. The van der Waals surface area contributed by atoms with Crippen molar-refractivity contribution in [2.45, 2.75) is 32.1 Å². The molecular weight excluding hydrogens is 366 g/mol. The van der Waals surface area contributed by atoms with Gasteiger partial charge in [0.15, 0.2) is 0 Å². The van der Waals surface area contributed by atoms with Crippen molar-refractivity contribution in [1.82, 2.24) is 10.3 Å². The zero-order chi connectivity index (χ0) is 20.3. The Labute approximate surface area is 172 Å². The lowest BCUT2D eigenvalue weighted by molar-refractivity contribution is 0.0942. The van der Waals surface area contributed by atoms with Crippen molar-refractivity contribution >= 4 is 11.6 Å². The number of carbonyl (C=O) groups excluding carboxylic acids is 1. The minimum absolute atomic E-state index is 0.206. The first-order chi connectivity index (χ1) is 14.2. The van der Waals surface area contributed by atoms with E-state index in [4.69, 9.17) is 9.47 Å². The van der Waals surface area contributed by atoms with Gasteiger partial charge in [-0.05, 0) is 68.5 Å². The molecule has 2 aromatic rings. The Balaban J connectivity index is 1.35. The number of nitrogens with zero attached hydrogens (tertiary/aromatic N) is 1. The van der Waals surface area contributed by atoms with Crippen LogP contribution in [0.15, 0.2) is 54.2 Å². The molecule has 29 heavy (non-hydrogen) atoms. The van der Waals surface area contributed by atoms with E-state index in [9.17, 15) is 4.79 Å². The van der Waals surface area contributed by atoms with E-state index in [0.717, 1.165) is 30.2 Å². The fraction of sp³-hybridized carbons (Fsp3) is 0.391. The summed E-state index contributed by atoms with van der Waals surface area (Å²) in [5.41, 5.74) is 2.88. The summed E-state index contributed by atoms with van der Waals surface area (Å²) < 4.78 is 10.7. The van der Waals surface area contributed by atoms with Crippen LogP contribution in [-0.4, -0.2) is 37.7 Å². The summed E-state index contributed by atoms with van der Waals surface area (Å²) in [5.74, 6) is 1.31. The van der Waals surface area contributed by atoms with E-state index < -0.39 is 0 Å².